The summed E-state index contributed by atoms with van der Waals surface area (Å²) in [5.41, 5.74) is 1.67. The first-order valence-corrected chi connectivity index (χ1v) is 8.91. The van der Waals surface area contributed by atoms with Gasteiger partial charge in [0.05, 0.1) is 17.9 Å². The highest BCUT2D eigenvalue weighted by Crippen LogP contribution is 2.19. The Balaban J connectivity index is 1.56. The molecule has 1 saturated heterocycles. The van der Waals surface area contributed by atoms with Gasteiger partial charge in [-0.3, -0.25) is 0 Å². The number of hydrogen-bond donors (Lipinski definition) is 1. The Labute approximate surface area is 152 Å². The lowest BCUT2D eigenvalue weighted by Gasteiger charge is -2.32. The Kier molecular flexibility index (Phi) is 5.88. The number of carbonyl (C=O) groups excluding carboxylic acids is 1. The largest absolute Gasteiger partial charge is 0.384 e. The molecule has 0 unspecified atom stereocenters. The highest BCUT2D eigenvalue weighted by Gasteiger charge is 2.24. The number of aromatic nitrogens is 2. The minimum atomic E-state index is -0.281. The number of halogens is 1. The van der Waals surface area contributed by atoms with Gasteiger partial charge in [-0.25, -0.2) is 13.9 Å². The zero-order chi connectivity index (χ0) is 18.5. The third-order valence-corrected chi connectivity index (χ3v) is 4.84. The van der Waals surface area contributed by atoms with Crippen LogP contribution in [0.2, 0.25) is 0 Å². The van der Waals surface area contributed by atoms with Crippen molar-refractivity contribution in [3.63, 3.8) is 0 Å². The van der Waals surface area contributed by atoms with Crippen molar-refractivity contribution in [1.82, 2.24) is 20.0 Å². The Hall–Kier alpha value is -2.41. The van der Waals surface area contributed by atoms with Gasteiger partial charge in [-0.15, -0.1) is 0 Å². The van der Waals surface area contributed by atoms with Crippen molar-refractivity contribution in [1.29, 1.82) is 0 Å². The number of ether oxygens (including phenoxy) is 1. The van der Waals surface area contributed by atoms with Gasteiger partial charge in [0.25, 0.3) is 0 Å². The predicted molar refractivity (Wildman–Crippen MR) is 96.6 cm³/mol. The fourth-order valence-electron chi connectivity index (χ4n) is 3.19. The summed E-state index contributed by atoms with van der Waals surface area (Å²) in [6, 6.07) is 5.92. The van der Waals surface area contributed by atoms with Crippen molar-refractivity contribution in [2.75, 3.05) is 26.8 Å². The van der Waals surface area contributed by atoms with Gasteiger partial charge in [-0.1, -0.05) is 0 Å². The van der Waals surface area contributed by atoms with E-state index in [9.17, 15) is 9.18 Å². The van der Waals surface area contributed by atoms with Crippen LogP contribution in [-0.2, 0) is 4.74 Å². The molecular weight excluding hydrogens is 335 g/mol. The minimum absolute atomic E-state index is 0.0529. The lowest BCUT2D eigenvalue weighted by molar-refractivity contribution is 0.106. The van der Waals surface area contributed by atoms with Gasteiger partial charge in [0.2, 0.25) is 0 Å². The maximum atomic E-state index is 13.0. The third-order valence-electron chi connectivity index (χ3n) is 4.84. The van der Waals surface area contributed by atoms with Crippen LogP contribution in [0.25, 0.3) is 5.69 Å². The van der Waals surface area contributed by atoms with E-state index in [1.54, 1.807) is 30.1 Å². The van der Waals surface area contributed by atoms with Crippen LogP contribution in [0.5, 0.6) is 0 Å². The van der Waals surface area contributed by atoms with E-state index >= 15 is 0 Å². The Morgan fingerprint density at radius 2 is 2.04 bits per heavy atom. The monoisotopic (exact) mass is 360 g/mol. The second-order valence-electron chi connectivity index (χ2n) is 6.75. The van der Waals surface area contributed by atoms with Crippen molar-refractivity contribution < 1.29 is 13.9 Å². The number of rotatable bonds is 5. The van der Waals surface area contributed by atoms with Crippen molar-refractivity contribution in [3.8, 4) is 5.69 Å². The summed E-state index contributed by atoms with van der Waals surface area (Å²) in [7, 11) is 1.72. The lowest BCUT2D eigenvalue weighted by Crippen LogP contribution is -2.45. The molecule has 6 nitrogen and oxygen atoms in total. The molecular formula is C19H25FN4O2. The molecule has 1 atom stereocenters. The summed E-state index contributed by atoms with van der Waals surface area (Å²) in [5, 5.41) is 7.33. The minimum Gasteiger partial charge on any atom is -0.384 e. The molecule has 1 fully saturated rings. The molecule has 2 heterocycles. The SMILES string of the molecule is COCC1CCN(C(=O)N[C@@H](C)c2cnn(-c3ccc(F)cc3)c2)CC1. The first-order chi connectivity index (χ1) is 12.6. The molecule has 26 heavy (non-hydrogen) atoms. The molecule has 1 aromatic heterocycles. The summed E-state index contributed by atoms with van der Waals surface area (Å²) in [4.78, 5) is 14.3. The number of benzene rings is 1. The highest BCUT2D eigenvalue weighted by molar-refractivity contribution is 5.74. The van der Waals surface area contributed by atoms with Gasteiger partial charge in [0.15, 0.2) is 0 Å². The molecule has 0 saturated carbocycles. The zero-order valence-electron chi connectivity index (χ0n) is 15.2. The van der Waals surface area contributed by atoms with Crippen LogP contribution in [0.4, 0.5) is 9.18 Å². The van der Waals surface area contributed by atoms with Gasteiger partial charge in [0, 0.05) is 38.6 Å². The standard InChI is InChI=1S/C19H25FN4O2/c1-14(22-19(25)23-9-7-15(8-10-23)13-26-2)16-11-21-24(12-16)18-5-3-17(20)4-6-18/h3-6,11-12,14-15H,7-10,13H2,1-2H3,(H,22,25)/t14-/m0/s1. The van der Waals surface area contributed by atoms with E-state index in [2.05, 4.69) is 10.4 Å². The molecule has 1 aromatic carbocycles. The number of hydrogen-bond acceptors (Lipinski definition) is 3. The van der Waals surface area contributed by atoms with Crippen LogP contribution in [0.15, 0.2) is 36.7 Å². The summed E-state index contributed by atoms with van der Waals surface area (Å²) in [6.45, 7) is 4.19. The van der Waals surface area contributed by atoms with E-state index in [-0.39, 0.29) is 17.9 Å². The number of urea groups is 1. The Morgan fingerprint density at radius 1 is 1.35 bits per heavy atom. The van der Waals surface area contributed by atoms with E-state index in [1.165, 1.54) is 12.1 Å². The second kappa shape index (κ2) is 8.31. The molecule has 0 spiro atoms. The van der Waals surface area contributed by atoms with E-state index in [0.29, 0.717) is 5.92 Å². The molecule has 140 valence electrons. The Bertz CT molecular complexity index is 723. The predicted octanol–water partition coefficient (Wildman–Crippen LogP) is 3.14. The average Bonchev–Trinajstić information content (AvgIpc) is 3.13. The molecule has 1 aliphatic heterocycles. The first-order valence-electron chi connectivity index (χ1n) is 8.91. The molecule has 0 bridgehead atoms. The van der Waals surface area contributed by atoms with Crippen LogP contribution >= 0.6 is 0 Å². The van der Waals surface area contributed by atoms with Gasteiger partial charge in [-0.2, -0.15) is 5.10 Å². The summed E-state index contributed by atoms with van der Waals surface area (Å²) in [5.74, 6) is 0.256. The molecule has 7 heteroatoms. The molecule has 1 N–H and O–H groups in total. The maximum absolute atomic E-state index is 13.0. The van der Waals surface area contributed by atoms with E-state index in [4.69, 9.17) is 4.74 Å². The first kappa shape index (κ1) is 18.4. The van der Waals surface area contributed by atoms with Crippen molar-refractivity contribution in [2.24, 2.45) is 5.92 Å². The summed E-state index contributed by atoms with van der Waals surface area (Å²) >= 11 is 0. The average molecular weight is 360 g/mol. The van der Waals surface area contributed by atoms with Crippen molar-refractivity contribution in [2.45, 2.75) is 25.8 Å². The number of amides is 2. The van der Waals surface area contributed by atoms with Crippen molar-refractivity contribution >= 4 is 6.03 Å². The van der Waals surface area contributed by atoms with Gasteiger partial charge in [-0.05, 0) is 49.9 Å². The summed E-state index contributed by atoms with van der Waals surface area (Å²) < 4.78 is 19.9. The quantitative estimate of drug-likeness (QED) is 0.891. The van der Waals surface area contributed by atoms with E-state index in [1.807, 2.05) is 18.0 Å². The van der Waals surface area contributed by atoms with Crippen LogP contribution in [-0.4, -0.2) is 47.5 Å². The van der Waals surface area contributed by atoms with Crippen molar-refractivity contribution in [3.05, 3.63) is 48.0 Å². The molecule has 3 rings (SSSR count). The fourth-order valence-corrected chi connectivity index (χ4v) is 3.19. The smallest absolute Gasteiger partial charge is 0.317 e. The van der Waals surface area contributed by atoms with Crippen LogP contribution in [0.1, 0.15) is 31.4 Å². The number of methoxy groups -OCH3 is 1. The molecule has 0 aliphatic carbocycles. The number of nitrogens with zero attached hydrogens (tertiary/aromatic N) is 3. The maximum Gasteiger partial charge on any atom is 0.317 e. The van der Waals surface area contributed by atoms with Gasteiger partial charge < -0.3 is 15.0 Å². The second-order valence-corrected chi connectivity index (χ2v) is 6.75. The highest BCUT2D eigenvalue weighted by atomic mass is 19.1. The van der Waals surface area contributed by atoms with Gasteiger partial charge in [0.1, 0.15) is 5.82 Å². The molecule has 2 aromatic rings. The molecule has 1 aliphatic rings. The van der Waals surface area contributed by atoms with Crippen LogP contribution in [0.3, 0.4) is 0 Å². The third kappa shape index (κ3) is 4.40. The Morgan fingerprint density at radius 3 is 2.69 bits per heavy atom. The summed E-state index contributed by atoms with van der Waals surface area (Å²) in [6.07, 6.45) is 5.51. The zero-order valence-corrected chi connectivity index (χ0v) is 15.2. The normalized spacial score (nSPS) is 16.5. The number of piperidine rings is 1. The van der Waals surface area contributed by atoms with E-state index in [0.717, 1.165) is 43.8 Å². The lowest BCUT2D eigenvalue weighted by atomic mass is 9.98. The number of likely N-dealkylation sites (tertiary alicyclic amines) is 1. The van der Waals surface area contributed by atoms with Crippen LogP contribution < -0.4 is 5.32 Å². The van der Waals surface area contributed by atoms with Crippen LogP contribution in [0, 0.1) is 11.7 Å². The fraction of sp³-hybridized carbons (Fsp3) is 0.474. The molecule has 0 radical (unpaired) electrons. The number of carbonyl (C=O) groups is 1. The van der Waals surface area contributed by atoms with Gasteiger partial charge >= 0.3 is 6.03 Å². The topological polar surface area (TPSA) is 59.4 Å². The molecule has 2 amide bonds. The number of nitrogens with one attached hydrogen (secondary N) is 1. The van der Waals surface area contributed by atoms with E-state index < -0.39 is 0 Å².